The summed E-state index contributed by atoms with van der Waals surface area (Å²) >= 11 is 0. The molecular weight excluding hydrogens is 262 g/mol. The van der Waals surface area contributed by atoms with Crippen LogP contribution in [0.1, 0.15) is 17.5 Å². The lowest BCUT2D eigenvalue weighted by Crippen LogP contribution is -2.17. The van der Waals surface area contributed by atoms with Crippen LogP contribution in [0.5, 0.6) is 11.5 Å². The molecule has 2 aromatic carbocycles. The number of benzene rings is 2. The van der Waals surface area contributed by atoms with Gasteiger partial charge in [-0.1, -0.05) is 30.3 Å². The van der Waals surface area contributed by atoms with Crippen LogP contribution in [-0.4, -0.2) is 20.3 Å². The largest absolute Gasteiger partial charge is 0.496 e. The van der Waals surface area contributed by atoms with Crippen LogP contribution in [0.15, 0.2) is 48.5 Å². The minimum atomic E-state index is 0.725. The van der Waals surface area contributed by atoms with Gasteiger partial charge in [0.1, 0.15) is 11.5 Å². The Kier molecular flexibility index (Phi) is 6.10. The van der Waals surface area contributed by atoms with Crippen LogP contribution in [0.4, 0.5) is 0 Å². The van der Waals surface area contributed by atoms with Crippen LogP contribution < -0.4 is 14.8 Å². The Bertz CT molecular complexity index is 554. The van der Waals surface area contributed by atoms with Crippen molar-refractivity contribution in [1.82, 2.24) is 5.32 Å². The molecule has 1 N–H and O–H groups in total. The molecule has 0 spiro atoms. The molecule has 3 heteroatoms. The molecule has 0 heterocycles. The highest BCUT2D eigenvalue weighted by atomic mass is 16.5. The van der Waals surface area contributed by atoms with Crippen LogP contribution in [-0.2, 0) is 6.54 Å². The molecule has 2 rings (SSSR count). The highest BCUT2D eigenvalue weighted by molar-refractivity contribution is 5.33. The van der Waals surface area contributed by atoms with E-state index in [4.69, 9.17) is 9.47 Å². The lowest BCUT2D eigenvalue weighted by molar-refractivity contribution is 0.307. The van der Waals surface area contributed by atoms with E-state index in [2.05, 4.69) is 30.4 Å². The number of rotatable bonds is 8. The van der Waals surface area contributed by atoms with E-state index >= 15 is 0 Å². The lowest BCUT2D eigenvalue weighted by Gasteiger charge is -2.10. The second-order valence-electron chi connectivity index (χ2n) is 5.01. The molecule has 3 nitrogen and oxygen atoms in total. The molecule has 112 valence electrons. The summed E-state index contributed by atoms with van der Waals surface area (Å²) in [7, 11) is 1.70. The van der Waals surface area contributed by atoms with Gasteiger partial charge in [0.25, 0.3) is 0 Å². The third kappa shape index (κ3) is 5.12. The smallest absolute Gasteiger partial charge is 0.123 e. The van der Waals surface area contributed by atoms with Gasteiger partial charge < -0.3 is 14.8 Å². The Morgan fingerprint density at radius 3 is 2.71 bits per heavy atom. The number of methoxy groups -OCH3 is 1. The van der Waals surface area contributed by atoms with E-state index in [9.17, 15) is 0 Å². The first-order valence-electron chi connectivity index (χ1n) is 7.31. The van der Waals surface area contributed by atoms with E-state index in [0.29, 0.717) is 0 Å². The molecule has 0 atom stereocenters. The predicted molar refractivity (Wildman–Crippen MR) is 86.0 cm³/mol. The van der Waals surface area contributed by atoms with E-state index < -0.39 is 0 Å². The number of ether oxygens (including phenoxy) is 2. The summed E-state index contributed by atoms with van der Waals surface area (Å²) in [5, 5.41) is 3.41. The third-order valence-electron chi connectivity index (χ3n) is 3.26. The second-order valence-corrected chi connectivity index (χ2v) is 5.01. The molecule has 2 aromatic rings. The average molecular weight is 285 g/mol. The number of para-hydroxylation sites is 1. The van der Waals surface area contributed by atoms with Crippen molar-refractivity contribution in [1.29, 1.82) is 0 Å². The molecule has 0 saturated heterocycles. The maximum Gasteiger partial charge on any atom is 0.123 e. The molecule has 0 radical (unpaired) electrons. The summed E-state index contributed by atoms with van der Waals surface area (Å²) < 4.78 is 11.0. The van der Waals surface area contributed by atoms with Gasteiger partial charge in [-0.05, 0) is 43.7 Å². The molecule has 0 fully saturated rings. The molecule has 0 aliphatic carbocycles. The summed E-state index contributed by atoms with van der Waals surface area (Å²) in [5.41, 5.74) is 2.40. The zero-order valence-corrected chi connectivity index (χ0v) is 12.8. The standard InChI is InChI=1S/C18H23NO2/c1-15-7-5-9-17(13-15)21-12-6-11-19-14-16-8-3-4-10-18(16)20-2/h3-5,7-10,13,19H,6,11-12,14H2,1-2H3. The molecule has 0 bridgehead atoms. The fraction of sp³-hybridized carbons (Fsp3) is 0.333. The second kappa shape index (κ2) is 8.32. The normalized spacial score (nSPS) is 10.4. The number of hydrogen-bond donors (Lipinski definition) is 1. The number of nitrogens with one attached hydrogen (secondary N) is 1. The molecule has 0 aliphatic rings. The van der Waals surface area contributed by atoms with Gasteiger partial charge in [-0.15, -0.1) is 0 Å². The Hall–Kier alpha value is -2.00. The molecule has 0 amide bonds. The summed E-state index contributed by atoms with van der Waals surface area (Å²) in [6.07, 6.45) is 0.975. The van der Waals surface area contributed by atoms with Crippen molar-refractivity contribution < 1.29 is 9.47 Å². The van der Waals surface area contributed by atoms with Crippen molar-refractivity contribution in [2.75, 3.05) is 20.3 Å². The number of hydrogen-bond acceptors (Lipinski definition) is 3. The first kappa shape index (κ1) is 15.4. The Labute approximate surface area is 126 Å². The van der Waals surface area contributed by atoms with E-state index in [1.54, 1.807) is 7.11 Å². The molecule has 0 unspecified atom stereocenters. The van der Waals surface area contributed by atoms with Gasteiger partial charge in [0.2, 0.25) is 0 Å². The van der Waals surface area contributed by atoms with Gasteiger partial charge in [0, 0.05) is 12.1 Å². The monoisotopic (exact) mass is 285 g/mol. The van der Waals surface area contributed by atoms with Crippen molar-refractivity contribution in [3.05, 3.63) is 59.7 Å². The minimum absolute atomic E-state index is 0.725. The minimum Gasteiger partial charge on any atom is -0.496 e. The van der Waals surface area contributed by atoms with E-state index in [0.717, 1.165) is 37.6 Å². The van der Waals surface area contributed by atoms with E-state index in [1.165, 1.54) is 11.1 Å². The molecule has 0 aromatic heterocycles. The average Bonchev–Trinajstić information content (AvgIpc) is 2.51. The van der Waals surface area contributed by atoms with Crippen molar-refractivity contribution >= 4 is 0 Å². The summed E-state index contributed by atoms with van der Waals surface area (Å²) in [6.45, 7) is 4.53. The van der Waals surface area contributed by atoms with Gasteiger partial charge in [-0.3, -0.25) is 0 Å². The van der Waals surface area contributed by atoms with Crippen molar-refractivity contribution in [3.8, 4) is 11.5 Å². The first-order chi connectivity index (χ1) is 10.3. The highest BCUT2D eigenvalue weighted by Gasteiger charge is 2.00. The zero-order valence-electron chi connectivity index (χ0n) is 12.8. The molecule has 21 heavy (non-hydrogen) atoms. The topological polar surface area (TPSA) is 30.5 Å². The van der Waals surface area contributed by atoms with Gasteiger partial charge in [0.15, 0.2) is 0 Å². The maximum atomic E-state index is 5.72. The van der Waals surface area contributed by atoms with Crippen molar-refractivity contribution in [2.24, 2.45) is 0 Å². The SMILES string of the molecule is COc1ccccc1CNCCCOc1cccc(C)c1. The Morgan fingerprint density at radius 1 is 1.05 bits per heavy atom. The van der Waals surface area contributed by atoms with Gasteiger partial charge in [-0.2, -0.15) is 0 Å². The zero-order chi connectivity index (χ0) is 14.9. The highest BCUT2D eigenvalue weighted by Crippen LogP contribution is 2.16. The molecule has 0 aliphatic heterocycles. The Balaban J connectivity index is 1.64. The van der Waals surface area contributed by atoms with E-state index in [1.807, 2.05) is 30.3 Å². The van der Waals surface area contributed by atoms with Gasteiger partial charge in [-0.25, -0.2) is 0 Å². The van der Waals surface area contributed by atoms with Crippen LogP contribution >= 0.6 is 0 Å². The fourth-order valence-corrected chi connectivity index (χ4v) is 2.16. The lowest BCUT2D eigenvalue weighted by atomic mass is 10.2. The summed E-state index contributed by atoms with van der Waals surface area (Å²) in [4.78, 5) is 0. The van der Waals surface area contributed by atoms with Crippen LogP contribution in [0, 0.1) is 6.92 Å². The molecule has 0 saturated carbocycles. The van der Waals surface area contributed by atoms with Crippen LogP contribution in [0.2, 0.25) is 0 Å². The molecular formula is C18H23NO2. The third-order valence-corrected chi connectivity index (χ3v) is 3.26. The maximum absolute atomic E-state index is 5.72. The van der Waals surface area contributed by atoms with E-state index in [-0.39, 0.29) is 0 Å². The van der Waals surface area contributed by atoms with Crippen molar-refractivity contribution in [3.63, 3.8) is 0 Å². The Morgan fingerprint density at radius 2 is 1.90 bits per heavy atom. The fourth-order valence-electron chi connectivity index (χ4n) is 2.16. The quantitative estimate of drug-likeness (QED) is 0.752. The van der Waals surface area contributed by atoms with Gasteiger partial charge in [0.05, 0.1) is 13.7 Å². The predicted octanol–water partition coefficient (Wildman–Crippen LogP) is 3.56. The first-order valence-corrected chi connectivity index (χ1v) is 7.31. The summed E-state index contributed by atoms with van der Waals surface area (Å²) in [5.74, 6) is 1.88. The van der Waals surface area contributed by atoms with Gasteiger partial charge >= 0.3 is 0 Å². The summed E-state index contributed by atoms with van der Waals surface area (Å²) in [6, 6.07) is 16.2. The van der Waals surface area contributed by atoms with Crippen molar-refractivity contribution in [2.45, 2.75) is 19.9 Å². The van der Waals surface area contributed by atoms with Crippen LogP contribution in [0.25, 0.3) is 0 Å². The number of aryl methyl sites for hydroxylation is 1. The van der Waals surface area contributed by atoms with Crippen LogP contribution in [0.3, 0.4) is 0 Å².